The zero-order valence-electron chi connectivity index (χ0n) is 7.93. The third-order valence-corrected chi connectivity index (χ3v) is 2.29. The van der Waals surface area contributed by atoms with Crippen molar-refractivity contribution in [2.24, 2.45) is 5.41 Å². The van der Waals surface area contributed by atoms with Crippen LogP contribution in [0.2, 0.25) is 0 Å². The summed E-state index contributed by atoms with van der Waals surface area (Å²) in [6.45, 7) is 4.69. The summed E-state index contributed by atoms with van der Waals surface area (Å²) in [6, 6.07) is 0. The summed E-state index contributed by atoms with van der Waals surface area (Å²) in [5, 5.41) is 0. The van der Waals surface area contributed by atoms with E-state index in [0.717, 1.165) is 19.4 Å². The smallest absolute Gasteiger partial charge is 0.204 e. The first-order chi connectivity index (χ1) is 5.64. The molecule has 2 nitrogen and oxygen atoms in total. The molecule has 2 heteroatoms. The van der Waals surface area contributed by atoms with Gasteiger partial charge in [0.05, 0.1) is 6.10 Å². The van der Waals surface area contributed by atoms with Crippen molar-refractivity contribution in [1.29, 1.82) is 0 Å². The molecule has 1 atom stereocenters. The maximum absolute atomic E-state index is 10.5. The molecule has 0 aliphatic carbocycles. The molecule has 0 saturated carbocycles. The van der Waals surface area contributed by atoms with Gasteiger partial charge in [-0.15, -0.1) is 0 Å². The van der Waals surface area contributed by atoms with Crippen LogP contribution in [-0.2, 0) is 9.53 Å². The second-order valence-electron chi connectivity index (χ2n) is 4.18. The Morgan fingerprint density at radius 3 is 2.75 bits per heavy atom. The highest BCUT2D eigenvalue weighted by Gasteiger charge is 2.25. The first-order valence-electron chi connectivity index (χ1n) is 4.65. The van der Waals surface area contributed by atoms with Crippen molar-refractivity contribution in [2.45, 2.75) is 45.6 Å². The molecule has 69 valence electrons. The van der Waals surface area contributed by atoms with Crippen LogP contribution in [0, 0.1) is 5.41 Å². The molecule has 1 rings (SSSR count). The predicted octanol–water partition coefficient (Wildman–Crippen LogP) is 2.08. The summed E-state index contributed by atoms with van der Waals surface area (Å²) >= 11 is 0. The molecular weight excluding hydrogens is 152 g/mol. The minimum Gasteiger partial charge on any atom is -0.378 e. The van der Waals surface area contributed by atoms with E-state index in [1.165, 1.54) is 12.8 Å². The van der Waals surface area contributed by atoms with E-state index in [9.17, 15) is 4.79 Å². The molecule has 12 heavy (non-hydrogen) atoms. The Morgan fingerprint density at radius 2 is 2.25 bits per heavy atom. The van der Waals surface area contributed by atoms with Gasteiger partial charge in [0.2, 0.25) is 6.29 Å². The Hall–Kier alpha value is -0.370. The van der Waals surface area contributed by atoms with Crippen molar-refractivity contribution in [1.82, 2.24) is 0 Å². The van der Waals surface area contributed by atoms with Gasteiger partial charge in [-0.05, 0) is 25.7 Å². The van der Waals surface area contributed by atoms with E-state index < -0.39 is 0 Å². The fourth-order valence-electron chi connectivity index (χ4n) is 1.58. The van der Waals surface area contributed by atoms with Crippen LogP contribution in [0.5, 0.6) is 0 Å². The molecule has 1 saturated heterocycles. The molecule has 1 aliphatic rings. The van der Waals surface area contributed by atoms with Crippen molar-refractivity contribution in [3.8, 4) is 0 Å². The second kappa shape index (κ2) is 4.04. The van der Waals surface area contributed by atoms with Crippen LogP contribution in [0.1, 0.15) is 39.5 Å². The fourth-order valence-corrected chi connectivity index (χ4v) is 1.58. The summed E-state index contributed by atoms with van der Waals surface area (Å²) in [4.78, 5) is 10.5. The van der Waals surface area contributed by atoms with Crippen LogP contribution in [0.25, 0.3) is 0 Å². The minimum absolute atomic E-state index is 0.287. The lowest BCUT2D eigenvalue weighted by molar-refractivity contribution is -0.00139. The Bertz CT molecular complexity index is 146. The van der Waals surface area contributed by atoms with Gasteiger partial charge >= 0.3 is 0 Å². The van der Waals surface area contributed by atoms with Crippen LogP contribution in [0.4, 0.5) is 0 Å². The minimum atomic E-state index is -0.331. The molecular formula is C10H17O2. The average molecular weight is 169 g/mol. The Kier molecular flexibility index (Phi) is 3.27. The molecule has 0 aromatic rings. The molecule has 1 fully saturated rings. The molecule has 0 amide bonds. The fraction of sp³-hybridized carbons (Fsp3) is 0.900. The van der Waals surface area contributed by atoms with E-state index in [1.54, 1.807) is 0 Å². The number of hydrogen-bond donors (Lipinski definition) is 0. The van der Waals surface area contributed by atoms with Gasteiger partial charge in [0.1, 0.15) is 0 Å². The summed E-state index contributed by atoms with van der Waals surface area (Å²) in [6.07, 6.45) is 6.67. The first-order valence-corrected chi connectivity index (χ1v) is 4.65. The van der Waals surface area contributed by atoms with Crippen molar-refractivity contribution >= 4 is 6.29 Å². The molecule has 0 aromatic heterocycles. The van der Waals surface area contributed by atoms with E-state index in [4.69, 9.17) is 4.74 Å². The molecule has 0 N–H and O–H groups in total. The van der Waals surface area contributed by atoms with Gasteiger partial charge in [-0.3, -0.25) is 4.79 Å². The third kappa shape index (κ3) is 2.94. The van der Waals surface area contributed by atoms with E-state index in [2.05, 4.69) is 6.29 Å². The van der Waals surface area contributed by atoms with Crippen LogP contribution >= 0.6 is 0 Å². The zero-order valence-corrected chi connectivity index (χ0v) is 7.93. The molecule has 0 spiro atoms. The van der Waals surface area contributed by atoms with E-state index in [-0.39, 0.29) is 11.5 Å². The molecule has 0 bridgehead atoms. The van der Waals surface area contributed by atoms with Gasteiger partial charge < -0.3 is 4.74 Å². The molecule has 0 aromatic carbocycles. The maximum Gasteiger partial charge on any atom is 0.204 e. The predicted molar refractivity (Wildman–Crippen MR) is 47.7 cm³/mol. The van der Waals surface area contributed by atoms with Crippen LogP contribution in [0.3, 0.4) is 0 Å². The van der Waals surface area contributed by atoms with E-state index in [0.29, 0.717) is 0 Å². The number of hydrogen-bond acceptors (Lipinski definition) is 2. The SMILES string of the molecule is CC(C)([C]=O)CC1CCCCO1. The van der Waals surface area contributed by atoms with Gasteiger partial charge in [-0.1, -0.05) is 13.8 Å². The number of rotatable bonds is 3. The standard InChI is InChI=1S/C10H17O2/c1-10(2,8-11)7-9-5-3-4-6-12-9/h9H,3-7H2,1-2H3. The lowest BCUT2D eigenvalue weighted by Crippen LogP contribution is -2.27. The monoisotopic (exact) mass is 169 g/mol. The highest BCUT2D eigenvalue weighted by Crippen LogP contribution is 2.25. The largest absolute Gasteiger partial charge is 0.378 e. The zero-order chi connectivity index (χ0) is 9.03. The maximum atomic E-state index is 10.5. The van der Waals surface area contributed by atoms with E-state index >= 15 is 0 Å². The number of ether oxygens (including phenoxy) is 1. The summed E-state index contributed by atoms with van der Waals surface area (Å²) in [5.74, 6) is 0. The van der Waals surface area contributed by atoms with Gasteiger partial charge in [-0.25, -0.2) is 0 Å². The van der Waals surface area contributed by atoms with Crippen molar-refractivity contribution in [2.75, 3.05) is 6.61 Å². The van der Waals surface area contributed by atoms with Gasteiger partial charge in [0.25, 0.3) is 0 Å². The van der Waals surface area contributed by atoms with Gasteiger partial charge in [0, 0.05) is 12.0 Å². The van der Waals surface area contributed by atoms with Crippen LogP contribution < -0.4 is 0 Å². The quantitative estimate of drug-likeness (QED) is 0.646. The highest BCUT2D eigenvalue weighted by molar-refractivity contribution is 5.58. The normalized spacial score (nSPS) is 25.3. The van der Waals surface area contributed by atoms with Gasteiger partial charge in [0.15, 0.2) is 0 Å². The topological polar surface area (TPSA) is 26.3 Å². The average Bonchev–Trinajstić information content (AvgIpc) is 2.06. The Balaban J connectivity index is 2.33. The molecule has 1 radical (unpaired) electrons. The summed E-state index contributed by atoms with van der Waals surface area (Å²) in [7, 11) is 0. The van der Waals surface area contributed by atoms with Crippen LogP contribution in [-0.4, -0.2) is 19.0 Å². The third-order valence-electron chi connectivity index (χ3n) is 2.29. The van der Waals surface area contributed by atoms with Crippen molar-refractivity contribution < 1.29 is 9.53 Å². The van der Waals surface area contributed by atoms with E-state index in [1.807, 2.05) is 13.8 Å². The second-order valence-corrected chi connectivity index (χ2v) is 4.18. The van der Waals surface area contributed by atoms with Crippen molar-refractivity contribution in [3.63, 3.8) is 0 Å². The Morgan fingerprint density at radius 1 is 1.50 bits per heavy atom. The molecule has 1 heterocycles. The summed E-state index contributed by atoms with van der Waals surface area (Å²) in [5.41, 5.74) is -0.331. The first kappa shape index (κ1) is 9.72. The lowest BCUT2D eigenvalue weighted by atomic mass is 9.86. The Labute approximate surface area is 74.3 Å². The summed E-state index contributed by atoms with van der Waals surface area (Å²) < 4.78 is 5.54. The van der Waals surface area contributed by atoms with Crippen molar-refractivity contribution in [3.05, 3.63) is 0 Å². The van der Waals surface area contributed by atoms with Gasteiger partial charge in [-0.2, -0.15) is 0 Å². The molecule has 1 aliphatic heterocycles. The highest BCUT2D eigenvalue weighted by atomic mass is 16.5. The van der Waals surface area contributed by atoms with Crippen LogP contribution in [0.15, 0.2) is 0 Å². The lowest BCUT2D eigenvalue weighted by Gasteiger charge is -2.27. The molecule has 1 unspecified atom stereocenters. The number of carbonyl (C=O) groups excluding carboxylic acids is 1.